The standard InChI is InChI=1S/C25H50O5/c1-5-7-9-11-12-13-14-15-16-18-22(30-21-28-3)20-24(26)23(25(27)29-4)19-17-10-8-6-2/h22-24,26H,5-21H2,1-4H3/t22-,23+,24+/m1/s1. The molecule has 0 aromatic heterocycles. The van der Waals surface area contributed by atoms with Crippen molar-refractivity contribution >= 4 is 5.97 Å². The lowest BCUT2D eigenvalue weighted by Crippen LogP contribution is -2.33. The zero-order valence-corrected chi connectivity index (χ0v) is 20.3. The van der Waals surface area contributed by atoms with Gasteiger partial charge in [-0.2, -0.15) is 0 Å². The smallest absolute Gasteiger partial charge is 0.311 e. The summed E-state index contributed by atoms with van der Waals surface area (Å²) in [6.45, 7) is 4.63. The van der Waals surface area contributed by atoms with E-state index in [0.717, 1.165) is 38.5 Å². The Balaban J connectivity index is 4.35. The third-order valence-corrected chi connectivity index (χ3v) is 5.89. The highest BCUT2D eigenvalue weighted by atomic mass is 16.7. The lowest BCUT2D eigenvalue weighted by molar-refractivity contribution is -0.151. The van der Waals surface area contributed by atoms with Gasteiger partial charge in [-0.3, -0.25) is 4.79 Å². The molecule has 0 spiro atoms. The number of hydrogen-bond acceptors (Lipinski definition) is 5. The molecular formula is C25H50O5. The van der Waals surface area contributed by atoms with Crippen LogP contribution >= 0.6 is 0 Å². The molecule has 0 heterocycles. The SMILES string of the molecule is CCCCCCCCCCC[C@H](C[C@H](O)[C@H](CCCCCC)C(=O)OC)OCOC. The third-order valence-electron chi connectivity index (χ3n) is 5.89. The van der Waals surface area contributed by atoms with Crippen LogP contribution in [0.2, 0.25) is 0 Å². The van der Waals surface area contributed by atoms with Crippen molar-refractivity contribution in [2.45, 2.75) is 129 Å². The first-order valence-corrected chi connectivity index (χ1v) is 12.5. The highest BCUT2D eigenvalue weighted by Gasteiger charge is 2.29. The average Bonchev–Trinajstić information content (AvgIpc) is 2.75. The van der Waals surface area contributed by atoms with E-state index in [0.29, 0.717) is 12.8 Å². The van der Waals surface area contributed by atoms with Gasteiger partial charge in [0.2, 0.25) is 0 Å². The molecule has 180 valence electrons. The third kappa shape index (κ3) is 16.1. The van der Waals surface area contributed by atoms with Crippen LogP contribution in [0.25, 0.3) is 0 Å². The number of methoxy groups -OCH3 is 2. The molecule has 3 atom stereocenters. The summed E-state index contributed by atoms with van der Waals surface area (Å²) in [5.41, 5.74) is 0. The Hall–Kier alpha value is -0.650. The van der Waals surface area contributed by atoms with Crippen LogP contribution in [0.1, 0.15) is 117 Å². The predicted octanol–water partition coefficient (Wildman–Crippen LogP) is 6.41. The number of ether oxygens (including phenoxy) is 3. The molecule has 0 aliphatic carbocycles. The summed E-state index contributed by atoms with van der Waals surface area (Å²) >= 11 is 0. The minimum atomic E-state index is -0.737. The second kappa shape index (κ2) is 21.6. The van der Waals surface area contributed by atoms with E-state index >= 15 is 0 Å². The van der Waals surface area contributed by atoms with Gasteiger partial charge in [-0.25, -0.2) is 0 Å². The van der Waals surface area contributed by atoms with E-state index in [9.17, 15) is 9.90 Å². The van der Waals surface area contributed by atoms with Crippen molar-refractivity contribution in [1.82, 2.24) is 0 Å². The van der Waals surface area contributed by atoms with Crippen LogP contribution in [0.3, 0.4) is 0 Å². The Bertz CT molecular complexity index is 375. The monoisotopic (exact) mass is 430 g/mol. The first kappa shape index (κ1) is 29.4. The number of unbranched alkanes of at least 4 members (excludes halogenated alkanes) is 11. The molecule has 0 saturated heterocycles. The summed E-state index contributed by atoms with van der Waals surface area (Å²) < 4.78 is 15.8. The van der Waals surface area contributed by atoms with Gasteiger partial charge in [0.05, 0.1) is 25.2 Å². The fourth-order valence-electron chi connectivity index (χ4n) is 3.96. The largest absolute Gasteiger partial charge is 0.469 e. The summed E-state index contributed by atoms with van der Waals surface area (Å²) in [5.74, 6) is -0.781. The maximum atomic E-state index is 12.2. The van der Waals surface area contributed by atoms with Crippen LogP contribution < -0.4 is 0 Å². The Morgan fingerprint density at radius 2 is 1.27 bits per heavy atom. The number of rotatable bonds is 22. The predicted molar refractivity (Wildman–Crippen MR) is 123 cm³/mol. The lowest BCUT2D eigenvalue weighted by atomic mass is 9.90. The van der Waals surface area contributed by atoms with Crippen molar-refractivity contribution in [3.63, 3.8) is 0 Å². The molecule has 5 nitrogen and oxygen atoms in total. The minimum Gasteiger partial charge on any atom is -0.469 e. The van der Waals surface area contributed by atoms with Gasteiger partial charge in [0, 0.05) is 13.5 Å². The molecule has 5 heteroatoms. The average molecular weight is 431 g/mol. The molecule has 0 amide bonds. The van der Waals surface area contributed by atoms with E-state index in [1.165, 1.54) is 58.5 Å². The molecule has 0 saturated carbocycles. The van der Waals surface area contributed by atoms with Gasteiger partial charge in [0.25, 0.3) is 0 Å². The van der Waals surface area contributed by atoms with Crippen molar-refractivity contribution in [2.75, 3.05) is 21.0 Å². The van der Waals surface area contributed by atoms with E-state index in [-0.39, 0.29) is 18.9 Å². The van der Waals surface area contributed by atoms with Crippen molar-refractivity contribution < 1.29 is 24.1 Å². The molecule has 0 aromatic rings. The van der Waals surface area contributed by atoms with E-state index in [2.05, 4.69) is 13.8 Å². The zero-order chi connectivity index (χ0) is 22.5. The van der Waals surface area contributed by atoms with Crippen molar-refractivity contribution in [2.24, 2.45) is 5.92 Å². The molecule has 0 unspecified atom stereocenters. The summed E-state index contributed by atoms with van der Waals surface area (Å²) in [4.78, 5) is 12.2. The highest BCUT2D eigenvalue weighted by Crippen LogP contribution is 2.23. The summed E-state index contributed by atoms with van der Waals surface area (Å²) in [5, 5.41) is 10.8. The fraction of sp³-hybridized carbons (Fsp3) is 0.960. The second-order valence-corrected chi connectivity index (χ2v) is 8.59. The van der Waals surface area contributed by atoms with Crippen LogP contribution in [-0.4, -0.2) is 44.3 Å². The molecule has 30 heavy (non-hydrogen) atoms. The van der Waals surface area contributed by atoms with Crippen molar-refractivity contribution in [3.05, 3.63) is 0 Å². The Labute approximate surface area is 186 Å². The van der Waals surface area contributed by atoms with Crippen LogP contribution in [0.15, 0.2) is 0 Å². The van der Waals surface area contributed by atoms with E-state index in [4.69, 9.17) is 14.2 Å². The molecular weight excluding hydrogens is 380 g/mol. The maximum Gasteiger partial charge on any atom is 0.311 e. The molecule has 0 aromatic carbocycles. The van der Waals surface area contributed by atoms with E-state index in [1.807, 2.05) is 0 Å². The van der Waals surface area contributed by atoms with Crippen LogP contribution in [0, 0.1) is 5.92 Å². The normalized spacial score (nSPS) is 14.4. The first-order chi connectivity index (χ1) is 14.6. The van der Waals surface area contributed by atoms with Gasteiger partial charge in [0.1, 0.15) is 6.79 Å². The Morgan fingerprint density at radius 1 is 0.767 bits per heavy atom. The van der Waals surface area contributed by atoms with E-state index in [1.54, 1.807) is 7.11 Å². The first-order valence-electron chi connectivity index (χ1n) is 12.5. The Kier molecular flexibility index (Phi) is 21.1. The molecule has 0 bridgehead atoms. The topological polar surface area (TPSA) is 65.0 Å². The number of aliphatic hydroxyl groups is 1. The summed E-state index contributed by atoms with van der Waals surface area (Å²) in [6, 6.07) is 0. The molecule has 0 rings (SSSR count). The quantitative estimate of drug-likeness (QED) is 0.122. The molecule has 0 fully saturated rings. The van der Waals surface area contributed by atoms with Gasteiger partial charge in [-0.05, 0) is 12.8 Å². The molecule has 0 aliphatic heterocycles. The van der Waals surface area contributed by atoms with Gasteiger partial charge >= 0.3 is 5.97 Å². The van der Waals surface area contributed by atoms with Gasteiger partial charge in [-0.15, -0.1) is 0 Å². The van der Waals surface area contributed by atoms with Crippen molar-refractivity contribution in [1.29, 1.82) is 0 Å². The molecule has 1 N–H and O–H groups in total. The van der Waals surface area contributed by atoms with Crippen LogP contribution in [0.4, 0.5) is 0 Å². The number of esters is 1. The van der Waals surface area contributed by atoms with Gasteiger partial charge < -0.3 is 19.3 Å². The number of carbonyl (C=O) groups is 1. The zero-order valence-electron chi connectivity index (χ0n) is 20.3. The summed E-state index contributed by atoms with van der Waals surface area (Å²) in [6.07, 6.45) is 17.0. The van der Waals surface area contributed by atoms with Crippen LogP contribution in [0.5, 0.6) is 0 Å². The number of aliphatic hydroxyl groups excluding tert-OH is 1. The minimum absolute atomic E-state index is 0.0905. The number of carbonyl (C=O) groups excluding carboxylic acids is 1. The fourth-order valence-corrected chi connectivity index (χ4v) is 3.96. The van der Waals surface area contributed by atoms with E-state index < -0.39 is 12.0 Å². The van der Waals surface area contributed by atoms with Crippen LogP contribution in [-0.2, 0) is 19.0 Å². The highest BCUT2D eigenvalue weighted by molar-refractivity contribution is 5.72. The molecule has 0 aliphatic rings. The second-order valence-electron chi connectivity index (χ2n) is 8.59. The van der Waals surface area contributed by atoms with Gasteiger partial charge in [-0.1, -0.05) is 97.3 Å². The maximum absolute atomic E-state index is 12.2. The van der Waals surface area contributed by atoms with Gasteiger partial charge in [0.15, 0.2) is 0 Å². The summed E-state index contributed by atoms with van der Waals surface area (Å²) in [7, 11) is 3.01. The number of hydrogen-bond donors (Lipinski definition) is 1. The lowest BCUT2D eigenvalue weighted by Gasteiger charge is -2.25. The Morgan fingerprint density at radius 3 is 1.80 bits per heavy atom. The molecule has 0 radical (unpaired) electrons. The van der Waals surface area contributed by atoms with Crippen molar-refractivity contribution in [3.8, 4) is 0 Å².